The molecule has 0 saturated heterocycles. The number of hydrogen-bond donors (Lipinski definition) is 0. The molecule has 1 aliphatic rings. The second kappa shape index (κ2) is 6.72. The molecule has 0 N–H and O–H groups in total. The van der Waals surface area contributed by atoms with Gasteiger partial charge in [-0.05, 0) is 54.5 Å². The number of halogens is 5. The van der Waals surface area contributed by atoms with Crippen LogP contribution in [0.5, 0.6) is 0 Å². The fourth-order valence-corrected chi connectivity index (χ4v) is 2.95. The van der Waals surface area contributed by atoms with E-state index in [9.17, 15) is 22.0 Å². The molecule has 0 heterocycles. The molecular weight excluding hydrogens is 335 g/mol. The Balaban J connectivity index is 2.02. The lowest BCUT2D eigenvalue weighted by Gasteiger charge is -2.23. The average Bonchev–Trinajstić information content (AvgIpc) is 2.58. The van der Waals surface area contributed by atoms with Gasteiger partial charge in [-0.15, -0.1) is 6.58 Å². The molecule has 2 aromatic rings. The fraction of sp³-hybridized carbons (Fsp3) is 0.200. The second-order valence-electron chi connectivity index (χ2n) is 5.93. The van der Waals surface area contributed by atoms with Crippen LogP contribution in [0.25, 0.3) is 0 Å². The predicted molar refractivity (Wildman–Crippen MR) is 84.4 cm³/mol. The maximum atomic E-state index is 14.6. The molecule has 5 heteroatoms. The minimum Gasteiger partial charge on any atom is -0.206 e. The summed E-state index contributed by atoms with van der Waals surface area (Å²) < 4.78 is 68.1. The Hall–Kier alpha value is -2.61. The van der Waals surface area contributed by atoms with Crippen LogP contribution in [0.1, 0.15) is 28.7 Å². The smallest absolute Gasteiger partial charge is 0.194 e. The van der Waals surface area contributed by atoms with Crippen molar-refractivity contribution in [3.8, 4) is 11.8 Å². The van der Waals surface area contributed by atoms with Crippen LogP contribution < -0.4 is 0 Å². The third kappa shape index (κ3) is 3.30. The third-order valence-corrected chi connectivity index (χ3v) is 4.31. The summed E-state index contributed by atoms with van der Waals surface area (Å²) in [6.07, 6.45) is 3.42. The molecule has 0 amide bonds. The SMILES string of the molecule is C=CC1CCc2c(cc(F)c(C#Cc3cc(F)c(F)c(F)c3)c2F)C1. The van der Waals surface area contributed by atoms with Crippen LogP contribution in [0.3, 0.4) is 0 Å². The van der Waals surface area contributed by atoms with Gasteiger partial charge in [0.2, 0.25) is 0 Å². The Kier molecular flexibility index (Phi) is 4.63. The summed E-state index contributed by atoms with van der Waals surface area (Å²) in [5.41, 5.74) is 0.316. The zero-order valence-corrected chi connectivity index (χ0v) is 13.1. The summed E-state index contributed by atoms with van der Waals surface area (Å²) in [6, 6.07) is 2.59. The van der Waals surface area contributed by atoms with E-state index in [0.717, 1.165) is 0 Å². The van der Waals surface area contributed by atoms with Gasteiger partial charge in [0.25, 0.3) is 0 Å². The van der Waals surface area contributed by atoms with Gasteiger partial charge in [-0.3, -0.25) is 0 Å². The normalized spacial score (nSPS) is 16.0. The lowest BCUT2D eigenvalue weighted by molar-refractivity contribution is 0.446. The largest absolute Gasteiger partial charge is 0.206 e. The Morgan fingerprint density at radius 1 is 0.920 bits per heavy atom. The predicted octanol–water partition coefficient (Wildman–Crippen LogP) is 5.07. The van der Waals surface area contributed by atoms with E-state index < -0.39 is 34.6 Å². The van der Waals surface area contributed by atoms with E-state index in [4.69, 9.17) is 0 Å². The lowest BCUT2D eigenvalue weighted by atomic mass is 9.83. The molecule has 1 unspecified atom stereocenters. The fourth-order valence-electron chi connectivity index (χ4n) is 2.95. The first kappa shape index (κ1) is 17.2. The zero-order chi connectivity index (χ0) is 18.1. The van der Waals surface area contributed by atoms with Crippen molar-refractivity contribution >= 4 is 0 Å². The molecule has 128 valence electrons. The highest BCUT2D eigenvalue weighted by atomic mass is 19.2. The van der Waals surface area contributed by atoms with Gasteiger partial charge in [-0.25, -0.2) is 22.0 Å². The minimum atomic E-state index is -1.62. The van der Waals surface area contributed by atoms with Crippen molar-refractivity contribution in [2.45, 2.75) is 19.3 Å². The molecule has 1 atom stereocenters. The lowest BCUT2D eigenvalue weighted by Crippen LogP contribution is -2.15. The summed E-state index contributed by atoms with van der Waals surface area (Å²) >= 11 is 0. The second-order valence-corrected chi connectivity index (χ2v) is 5.93. The molecule has 1 aliphatic carbocycles. The van der Waals surface area contributed by atoms with E-state index >= 15 is 0 Å². The van der Waals surface area contributed by atoms with Crippen LogP contribution in [0.2, 0.25) is 0 Å². The van der Waals surface area contributed by atoms with Crippen LogP contribution in [-0.2, 0) is 12.8 Å². The van der Waals surface area contributed by atoms with Crippen LogP contribution in [0.15, 0.2) is 30.9 Å². The Morgan fingerprint density at radius 3 is 2.24 bits per heavy atom. The molecular formula is C20H13F5. The minimum absolute atomic E-state index is 0.174. The number of benzene rings is 2. The van der Waals surface area contributed by atoms with Gasteiger partial charge >= 0.3 is 0 Å². The summed E-state index contributed by atoms with van der Waals surface area (Å²) in [7, 11) is 0. The number of allylic oxidation sites excluding steroid dienone is 1. The number of hydrogen-bond acceptors (Lipinski definition) is 0. The number of rotatable bonds is 1. The topological polar surface area (TPSA) is 0 Å². The molecule has 0 aliphatic heterocycles. The first-order valence-electron chi connectivity index (χ1n) is 7.69. The highest BCUT2D eigenvalue weighted by molar-refractivity contribution is 5.48. The highest BCUT2D eigenvalue weighted by Crippen LogP contribution is 2.31. The van der Waals surface area contributed by atoms with Crippen LogP contribution in [0, 0.1) is 46.8 Å². The molecule has 0 spiro atoms. The third-order valence-electron chi connectivity index (χ3n) is 4.31. The van der Waals surface area contributed by atoms with E-state index in [1.54, 1.807) is 6.08 Å². The summed E-state index contributed by atoms with van der Waals surface area (Å²) in [6.45, 7) is 3.71. The van der Waals surface area contributed by atoms with Gasteiger partial charge in [0.05, 0.1) is 5.56 Å². The first-order valence-corrected chi connectivity index (χ1v) is 7.69. The van der Waals surface area contributed by atoms with Gasteiger partial charge in [-0.1, -0.05) is 17.9 Å². The van der Waals surface area contributed by atoms with Crippen molar-refractivity contribution in [2.24, 2.45) is 5.92 Å². The summed E-state index contributed by atoms with van der Waals surface area (Å²) in [5.74, 6) is -1.30. The van der Waals surface area contributed by atoms with Crippen molar-refractivity contribution in [2.75, 3.05) is 0 Å². The van der Waals surface area contributed by atoms with Crippen LogP contribution in [0.4, 0.5) is 22.0 Å². The van der Waals surface area contributed by atoms with E-state index in [1.807, 2.05) is 0 Å². The molecule has 0 fully saturated rings. The Bertz CT molecular complexity index is 895. The van der Waals surface area contributed by atoms with Gasteiger partial charge in [-0.2, -0.15) is 0 Å². The molecule has 0 aromatic heterocycles. The quantitative estimate of drug-likeness (QED) is 0.292. The van der Waals surface area contributed by atoms with E-state index in [2.05, 4.69) is 18.4 Å². The summed E-state index contributed by atoms with van der Waals surface area (Å²) in [4.78, 5) is 0. The van der Waals surface area contributed by atoms with Crippen molar-refractivity contribution in [3.63, 3.8) is 0 Å². The maximum absolute atomic E-state index is 14.6. The average molecular weight is 348 g/mol. The molecule has 0 radical (unpaired) electrons. The Labute approximate surface area is 142 Å². The molecule has 0 saturated carbocycles. The van der Waals surface area contributed by atoms with Crippen molar-refractivity contribution in [3.05, 3.63) is 82.2 Å². The van der Waals surface area contributed by atoms with Crippen LogP contribution in [-0.4, -0.2) is 0 Å². The molecule has 3 rings (SSSR count). The molecule has 0 nitrogen and oxygen atoms in total. The highest BCUT2D eigenvalue weighted by Gasteiger charge is 2.23. The van der Waals surface area contributed by atoms with Gasteiger partial charge in [0.1, 0.15) is 11.6 Å². The monoisotopic (exact) mass is 348 g/mol. The van der Waals surface area contributed by atoms with E-state index in [-0.39, 0.29) is 11.5 Å². The Morgan fingerprint density at radius 2 is 1.60 bits per heavy atom. The zero-order valence-electron chi connectivity index (χ0n) is 13.1. The van der Waals surface area contributed by atoms with E-state index in [1.165, 1.54) is 6.07 Å². The molecule has 2 aromatic carbocycles. The van der Waals surface area contributed by atoms with Gasteiger partial charge in [0.15, 0.2) is 17.5 Å². The van der Waals surface area contributed by atoms with Crippen molar-refractivity contribution in [1.29, 1.82) is 0 Å². The van der Waals surface area contributed by atoms with E-state index in [0.29, 0.717) is 42.5 Å². The van der Waals surface area contributed by atoms with Gasteiger partial charge in [0, 0.05) is 5.56 Å². The molecule has 0 bridgehead atoms. The van der Waals surface area contributed by atoms with Crippen molar-refractivity contribution in [1.82, 2.24) is 0 Å². The van der Waals surface area contributed by atoms with Crippen LogP contribution >= 0.6 is 0 Å². The van der Waals surface area contributed by atoms with Crippen molar-refractivity contribution < 1.29 is 22.0 Å². The van der Waals surface area contributed by atoms with Gasteiger partial charge < -0.3 is 0 Å². The standard InChI is InChI=1S/C20H13F5/c1-2-11-3-5-14-13(7-11)10-16(21)15(19(14)24)6-4-12-8-17(22)20(25)18(23)9-12/h2,8-11H,1,3,5,7H2. The first-order chi connectivity index (χ1) is 11.9. The summed E-state index contributed by atoms with van der Waals surface area (Å²) in [5, 5.41) is 0. The molecule has 25 heavy (non-hydrogen) atoms. The maximum Gasteiger partial charge on any atom is 0.194 e. The number of fused-ring (bicyclic) bond motifs is 1.